The van der Waals surface area contributed by atoms with Gasteiger partial charge in [0.15, 0.2) is 5.76 Å². The lowest BCUT2D eigenvalue weighted by atomic mass is 10.2. The summed E-state index contributed by atoms with van der Waals surface area (Å²) < 4.78 is 5.14. The second kappa shape index (κ2) is 7.80. The predicted octanol–water partition coefficient (Wildman–Crippen LogP) is 1.47. The Kier molecular flexibility index (Phi) is 5.77. The molecule has 0 aliphatic rings. The molecule has 0 aliphatic carbocycles. The van der Waals surface area contributed by atoms with Crippen molar-refractivity contribution < 1.29 is 14.4 Å². The van der Waals surface area contributed by atoms with Crippen molar-refractivity contribution >= 4 is 17.7 Å². The summed E-state index contributed by atoms with van der Waals surface area (Å²) in [5, 5.41) is 16.2. The van der Waals surface area contributed by atoms with Crippen molar-refractivity contribution in [1.29, 1.82) is 0 Å². The third-order valence-corrected chi connectivity index (χ3v) is 3.47. The fourth-order valence-electron chi connectivity index (χ4n) is 1.68. The van der Waals surface area contributed by atoms with E-state index in [0.29, 0.717) is 23.6 Å². The van der Waals surface area contributed by atoms with E-state index in [-0.39, 0.29) is 6.54 Å². The van der Waals surface area contributed by atoms with Gasteiger partial charge in [-0.05, 0) is 30.6 Å². The van der Waals surface area contributed by atoms with E-state index in [4.69, 9.17) is 4.52 Å². The monoisotopic (exact) mass is 307 g/mol. The van der Waals surface area contributed by atoms with E-state index in [1.54, 1.807) is 24.0 Å². The average Bonchev–Trinajstić information content (AvgIpc) is 3.00. The van der Waals surface area contributed by atoms with Gasteiger partial charge in [0.05, 0.1) is 12.2 Å². The van der Waals surface area contributed by atoms with Gasteiger partial charge in [0.25, 0.3) is 0 Å². The number of hydrogen-bond acceptors (Lipinski definition) is 6. The maximum absolute atomic E-state index is 11.7. The molecule has 0 aromatic carbocycles. The molecule has 0 radical (unpaired) electrons. The van der Waals surface area contributed by atoms with Crippen LogP contribution in [-0.2, 0) is 11.3 Å². The number of thioether (sulfide) groups is 1. The summed E-state index contributed by atoms with van der Waals surface area (Å²) in [6.45, 7) is 0.189. The largest absolute Gasteiger partial charge is 0.383 e. The molecule has 6 nitrogen and oxygen atoms in total. The van der Waals surface area contributed by atoms with Crippen LogP contribution >= 0.6 is 11.8 Å². The molecule has 0 bridgehead atoms. The minimum atomic E-state index is -0.990. The number of pyridine rings is 1. The molecule has 1 unspecified atom stereocenters. The number of hydrogen-bond donors (Lipinski definition) is 2. The standard InChI is InChI=1S/C14H17N3O3S/c1-21-7-5-13(18)14(19)16-9-10-8-12(17-20-10)11-4-2-3-6-15-11/h2-4,6,8,13,18H,5,7,9H2,1H3,(H,16,19). The summed E-state index contributed by atoms with van der Waals surface area (Å²) in [5.74, 6) is 0.849. The number of aliphatic hydroxyl groups is 1. The van der Waals surface area contributed by atoms with Crippen LogP contribution in [0.2, 0.25) is 0 Å². The Bertz CT molecular complexity index is 574. The lowest BCUT2D eigenvalue weighted by molar-refractivity contribution is -0.129. The molecule has 0 saturated heterocycles. The van der Waals surface area contributed by atoms with Crippen LogP contribution in [0.4, 0.5) is 0 Å². The van der Waals surface area contributed by atoms with E-state index >= 15 is 0 Å². The number of nitrogens with one attached hydrogen (secondary N) is 1. The van der Waals surface area contributed by atoms with E-state index in [0.717, 1.165) is 5.75 Å². The molecular formula is C14H17N3O3S. The van der Waals surface area contributed by atoms with Gasteiger partial charge in [-0.15, -0.1) is 0 Å². The van der Waals surface area contributed by atoms with Crippen LogP contribution in [0.25, 0.3) is 11.4 Å². The number of carbonyl (C=O) groups excluding carboxylic acids is 1. The van der Waals surface area contributed by atoms with Crippen LogP contribution in [0.3, 0.4) is 0 Å². The van der Waals surface area contributed by atoms with Crippen LogP contribution in [0.15, 0.2) is 35.0 Å². The zero-order valence-corrected chi connectivity index (χ0v) is 12.5. The van der Waals surface area contributed by atoms with E-state index in [9.17, 15) is 9.90 Å². The fraction of sp³-hybridized carbons (Fsp3) is 0.357. The van der Waals surface area contributed by atoms with Crippen molar-refractivity contribution in [2.75, 3.05) is 12.0 Å². The second-order valence-corrected chi connectivity index (χ2v) is 5.39. The van der Waals surface area contributed by atoms with Gasteiger partial charge >= 0.3 is 0 Å². The molecule has 2 N–H and O–H groups in total. The molecule has 2 rings (SSSR count). The first-order chi connectivity index (χ1) is 10.2. The smallest absolute Gasteiger partial charge is 0.249 e. The first kappa shape index (κ1) is 15.5. The minimum Gasteiger partial charge on any atom is -0.383 e. The quantitative estimate of drug-likeness (QED) is 0.805. The molecule has 0 spiro atoms. The van der Waals surface area contributed by atoms with Crippen molar-refractivity contribution in [2.24, 2.45) is 0 Å². The van der Waals surface area contributed by atoms with E-state index in [2.05, 4.69) is 15.5 Å². The normalized spacial score (nSPS) is 12.1. The lowest BCUT2D eigenvalue weighted by Crippen LogP contribution is -2.34. The molecule has 21 heavy (non-hydrogen) atoms. The van der Waals surface area contributed by atoms with Gasteiger partial charge in [-0.1, -0.05) is 11.2 Å². The highest BCUT2D eigenvalue weighted by atomic mass is 32.2. The minimum absolute atomic E-state index is 0.189. The third-order valence-electron chi connectivity index (χ3n) is 2.82. The average molecular weight is 307 g/mol. The Balaban J connectivity index is 1.87. The first-order valence-electron chi connectivity index (χ1n) is 6.52. The van der Waals surface area contributed by atoms with Crippen molar-refractivity contribution in [1.82, 2.24) is 15.5 Å². The second-order valence-electron chi connectivity index (χ2n) is 4.41. The summed E-state index contributed by atoms with van der Waals surface area (Å²) in [6.07, 6.45) is 3.05. The summed E-state index contributed by atoms with van der Waals surface area (Å²) in [7, 11) is 0. The molecule has 2 aromatic heterocycles. The Labute approximate surface area is 126 Å². The number of carbonyl (C=O) groups is 1. The Morgan fingerprint density at radius 3 is 3.05 bits per heavy atom. The molecule has 0 saturated carbocycles. The fourth-order valence-corrected chi connectivity index (χ4v) is 2.14. The zero-order valence-electron chi connectivity index (χ0n) is 11.7. The topological polar surface area (TPSA) is 88.2 Å². The molecular weight excluding hydrogens is 290 g/mol. The van der Waals surface area contributed by atoms with Gasteiger partial charge in [-0.3, -0.25) is 9.78 Å². The highest BCUT2D eigenvalue weighted by molar-refractivity contribution is 7.98. The molecule has 2 aromatic rings. The van der Waals surface area contributed by atoms with E-state index in [1.165, 1.54) is 0 Å². The van der Waals surface area contributed by atoms with Crippen LogP contribution in [-0.4, -0.2) is 39.3 Å². The molecule has 1 atom stereocenters. The highest BCUT2D eigenvalue weighted by Gasteiger charge is 2.15. The van der Waals surface area contributed by atoms with Crippen LogP contribution < -0.4 is 5.32 Å². The first-order valence-corrected chi connectivity index (χ1v) is 7.92. The zero-order chi connectivity index (χ0) is 15.1. The number of rotatable bonds is 7. The molecule has 0 aliphatic heterocycles. The maximum Gasteiger partial charge on any atom is 0.249 e. The summed E-state index contributed by atoms with van der Waals surface area (Å²) in [4.78, 5) is 15.8. The summed E-state index contributed by atoms with van der Waals surface area (Å²) >= 11 is 1.59. The van der Waals surface area contributed by atoms with E-state index < -0.39 is 12.0 Å². The van der Waals surface area contributed by atoms with Gasteiger partial charge in [-0.25, -0.2) is 0 Å². The molecule has 7 heteroatoms. The lowest BCUT2D eigenvalue weighted by Gasteiger charge is -2.09. The van der Waals surface area contributed by atoms with Gasteiger partial charge in [-0.2, -0.15) is 11.8 Å². The third kappa shape index (κ3) is 4.57. The molecule has 1 amide bonds. The van der Waals surface area contributed by atoms with Crippen molar-refractivity contribution in [2.45, 2.75) is 19.1 Å². The predicted molar refractivity (Wildman–Crippen MR) is 80.6 cm³/mol. The Hall–Kier alpha value is -1.86. The summed E-state index contributed by atoms with van der Waals surface area (Å²) in [6, 6.07) is 7.23. The number of aliphatic hydroxyl groups excluding tert-OH is 1. The molecule has 0 fully saturated rings. The summed E-state index contributed by atoms with van der Waals surface area (Å²) in [5.41, 5.74) is 1.32. The number of nitrogens with zero attached hydrogens (tertiary/aromatic N) is 2. The van der Waals surface area contributed by atoms with Gasteiger partial charge in [0, 0.05) is 12.3 Å². The Morgan fingerprint density at radius 1 is 1.48 bits per heavy atom. The van der Waals surface area contributed by atoms with Gasteiger partial charge in [0.1, 0.15) is 11.8 Å². The van der Waals surface area contributed by atoms with Crippen molar-refractivity contribution in [3.8, 4) is 11.4 Å². The number of aromatic nitrogens is 2. The Morgan fingerprint density at radius 2 is 2.33 bits per heavy atom. The number of amides is 1. The van der Waals surface area contributed by atoms with E-state index in [1.807, 2.05) is 24.5 Å². The van der Waals surface area contributed by atoms with Gasteiger partial charge < -0.3 is 14.9 Å². The van der Waals surface area contributed by atoms with Crippen LogP contribution in [0, 0.1) is 0 Å². The van der Waals surface area contributed by atoms with Crippen LogP contribution in [0.1, 0.15) is 12.2 Å². The van der Waals surface area contributed by atoms with Crippen molar-refractivity contribution in [3.63, 3.8) is 0 Å². The van der Waals surface area contributed by atoms with Crippen molar-refractivity contribution in [3.05, 3.63) is 36.2 Å². The molecule has 112 valence electrons. The maximum atomic E-state index is 11.7. The van der Waals surface area contributed by atoms with Gasteiger partial charge in [0.2, 0.25) is 5.91 Å². The SMILES string of the molecule is CSCCC(O)C(=O)NCc1cc(-c2ccccn2)no1. The molecule has 2 heterocycles. The highest BCUT2D eigenvalue weighted by Crippen LogP contribution is 2.15. The van der Waals surface area contributed by atoms with Crippen LogP contribution in [0.5, 0.6) is 0 Å².